The highest BCUT2D eigenvalue weighted by atomic mass is 79.9. The molecule has 0 radical (unpaired) electrons. The number of rotatable bonds is 9. The van der Waals surface area contributed by atoms with Gasteiger partial charge in [0.25, 0.3) is 0 Å². The Balaban J connectivity index is 0.00000288. The lowest BCUT2D eigenvalue weighted by atomic mass is 10.2. The molecule has 1 fully saturated rings. The Kier molecular flexibility index (Phi) is 14.0. The second-order valence-corrected chi connectivity index (χ2v) is 6.60. The lowest BCUT2D eigenvalue weighted by molar-refractivity contribution is 0.000342. The summed E-state index contributed by atoms with van der Waals surface area (Å²) < 4.78 is 12.1. The van der Waals surface area contributed by atoms with Crippen LogP contribution in [0.3, 0.4) is 0 Å². The maximum absolute atomic E-state index is 10.1. The van der Waals surface area contributed by atoms with Gasteiger partial charge in [0.2, 0.25) is 0 Å². The zero-order chi connectivity index (χ0) is 16.5. The van der Waals surface area contributed by atoms with Gasteiger partial charge < -0.3 is 19.5 Å². The number of hydrogen-bond acceptors (Lipinski definition) is 5. The molecule has 8 heteroatoms. The number of β-amino-alcohol motifs (C(OH)–C–C–N with tert-alkyl or cyclic N) is 1. The normalized spacial score (nSPS) is 16.6. The molecule has 1 aliphatic heterocycles. The summed E-state index contributed by atoms with van der Waals surface area (Å²) in [4.78, 5) is 4.73. The van der Waals surface area contributed by atoms with Crippen LogP contribution in [0.1, 0.15) is 6.92 Å². The Morgan fingerprint density at radius 2 is 1.72 bits per heavy atom. The first-order valence-corrected chi connectivity index (χ1v) is 9.06. The highest BCUT2D eigenvalue weighted by Crippen LogP contribution is 2.23. The number of ether oxygens (including phenoxy) is 2. The maximum atomic E-state index is 10.1. The van der Waals surface area contributed by atoms with Crippen molar-refractivity contribution in [3.8, 4) is 5.75 Å². The zero-order valence-corrected chi connectivity index (χ0v) is 17.8. The van der Waals surface area contributed by atoms with E-state index in [4.69, 9.17) is 9.47 Å². The van der Waals surface area contributed by atoms with Gasteiger partial charge in [0.05, 0.1) is 23.8 Å². The lowest BCUT2D eigenvalue weighted by Crippen LogP contribution is -2.48. The van der Waals surface area contributed by atoms with Gasteiger partial charge in [-0.1, -0.05) is 19.1 Å². The third-order valence-corrected chi connectivity index (χ3v) is 4.67. The summed E-state index contributed by atoms with van der Waals surface area (Å²) >= 11 is 3.44. The maximum Gasteiger partial charge on any atom is 0.133 e. The molecule has 1 saturated heterocycles. The molecular formula is C17H29BrCl2N2O3. The molecule has 0 bridgehead atoms. The number of aliphatic hydroxyl groups excluding tert-OH is 1. The molecule has 0 spiro atoms. The van der Waals surface area contributed by atoms with Crippen molar-refractivity contribution in [1.29, 1.82) is 0 Å². The fourth-order valence-corrected chi connectivity index (χ4v) is 3.03. The zero-order valence-electron chi connectivity index (χ0n) is 14.6. The molecule has 1 aliphatic rings. The standard InChI is InChI=1S/C17H27BrN2O3.2ClH/c1-2-19-7-9-20(10-8-19)13-15(21)14-22-11-12-23-17-6-4-3-5-16(17)18;;/h3-6,15,21H,2,7-14H2,1H3;2*1H. The highest BCUT2D eigenvalue weighted by molar-refractivity contribution is 9.10. The van der Waals surface area contributed by atoms with Crippen LogP contribution in [-0.2, 0) is 4.74 Å². The minimum atomic E-state index is -0.438. The fraction of sp³-hybridized carbons (Fsp3) is 0.647. The third kappa shape index (κ3) is 9.43. The number of nitrogens with zero attached hydrogens (tertiary/aromatic N) is 2. The van der Waals surface area contributed by atoms with Gasteiger partial charge in [-0.15, -0.1) is 24.8 Å². The lowest BCUT2D eigenvalue weighted by Gasteiger charge is -2.34. The van der Waals surface area contributed by atoms with Gasteiger partial charge in [-0.3, -0.25) is 4.90 Å². The first-order valence-electron chi connectivity index (χ1n) is 8.27. The average Bonchev–Trinajstić information content (AvgIpc) is 2.57. The number of hydrogen-bond donors (Lipinski definition) is 1. The molecule has 1 aromatic carbocycles. The van der Waals surface area contributed by atoms with Crippen LogP contribution in [-0.4, -0.2) is 80.1 Å². The van der Waals surface area contributed by atoms with E-state index in [2.05, 4.69) is 32.7 Å². The largest absolute Gasteiger partial charge is 0.490 e. The Labute approximate surface area is 171 Å². The van der Waals surface area contributed by atoms with Crippen LogP contribution in [0, 0.1) is 0 Å². The van der Waals surface area contributed by atoms with Crippen LogP contribution in [0.15, 0.2) is 28.7 Å². The molecule has 2 rings (SSSR count). The van der Waals surface area contributed by atoms with Gasteiger partial charge >= 0.3 is 0 Å². The third-order valence-electron chi connectivity index (χ3n) is 4.01. The van der Waals surface area contributed by atoms with Crippen molar-refractivity contribution in [2.75, 3.05) is 59.1 Å². The number of halogens is 3. The summed E-state index contributed by atoms with van der Waals surface area (Å²) in [7, 11) is 0. The average molecular weight is 460 g/mol. The van der Waals surface area contributed by atoms with Crippen molar-refractivity contribution in [3.05, 3.63) is 28.7 Å². The summed E-state index contributed by atoms with van der Waals surface area (Å²) in [6.07, 6.45) is -0.438. The van der Waals surface area contributed by atoms with E-state index in [-0.39, 0.29) is 24.8 Å². The molecular weight excluding hydrogens is 431 g/mol. The summed E-state index contributed by atoms with van der Waals surface area (Å²) in [5, 5.41) is 10.1. The first kappa shape index (κ1) is 24.9. The first-order chi connectivity index (χ1) is 11.2. The van der Waals surface area contributed by atoms with E-state index >= 15 is 0 Å². The Bertz CT molecular complexity index is 463. The van der Waals surface area contributed by atoms with Gasteiger partial charge in [-0.2, -0.15) is 0 Å². The minimum absolute atomic E-state index is 0. The smallest absolute Gasteiger partial charge is 0.133 e. The van der Waals surface area contributed by atoms with Gasteiger partial charge in [-0.25, -0.2) is 0 Å². The van der Waals surface area contributed by atoms with E-state index in [0.717, 1.165) is 42.9 Å². The van der Waals surface area contributed by atoms with Gasteiger partial charge in [-0.05, 0) is 34.6 Å². The van der Waals surface area contributed by atoms with Gasteiger partial charge in [0.15, 0.2) is 0 Å². The van der Waals surface area contributed by atoms with E-state index in [1.165, 1.54) is 0 Å². The van der Waals surface area contributed by atoms with Crippen molar-refractivity contribution in [3.63, 3.8) is 0 Å². The molecule has 1 N–H and O–H groups in total. The predicted octanol–water partition coefficient (Wildman–Crippen LogP) is 2.69. The number of aliphatic hydroxyl groups is 1. The second kappa shape index (κ2) is 14.0. The van der Waals surface area contributed by atoms with E-state index in [0.29, 0.717) is 26.4 Å². The Morgan fingerprint density at radius 3 is 2.36 bits per heavy atom. The topological polar surface area (TPSA) is 45.2 Å². The number of likely N-dealkylation sites (N-methyl/N-ethyl adjacent to an activating group) is 1. The van der Waals surface area contributed by atoms with Crippen LogP contribution < -0.4 is 4.74 Å². The molecule has 1 unspecified atom stereocenters. The molecule has 25 heavy (non-hydrogen) atoms. The van der Waals surface area contributed by atoms with Gasteiger partial charge in [0, 0.05) is 32.7 Å². The monoisotopic (exact) mass is 458 g/mol. The summed E-state index contributed by atoms with van der Waals surface area (Å²) in [6, 6.07) is 7.74. The van der Waals surface area contributed by atoms with Crippen molar-refractivity contribution in [1.82, 2.24) is 9.80 Å². The van der Waals surface area contributed by atoms with E-state index < -0.39 is 6.10 Å². The van der Waals surface area contributed by atoms with Crippen LogP contribution in [0.2, 0.25) is 0 Å². The number of piperazine rings is 1. The van der Waals surface area contributed by atoms with Crippen molar-refractivity contribution >= 4 is 40.7 Å². The molecule has 146 valence electrons. The van der Waals surface area contributed by atoms with Crippen LogP contribution in [0.4, 0.5) is 0 Å². The predicted molar refractivity (Wildman–Crippen MR) is 110 cm³/mol. The van der Waals surface area contributed by atoms with Crippen molar-refractivity contribution in [2.45, 2.75) is 13.0 Å². The number of benzene rings is 1. The summed E-state index contributed by atoms with van der Waals surface area (Å²) in [5.41, 5.74) is 0. The number of para-hydroxylation sites is 1. The highest BCUT2D eigenvalue weighted by Gasteiger charge is 2.18. The second-order valence-electron chi connectivity index (χ2n) is 5.74. The van der Waals surface area contributed by atoms with Crippen LogP contribution in [0.5, 0.6) is 5.75 Å². The molecule has 1 aromatic rings. The fourth-order valence-electron chi connectivity index (χ4n) is 2.63. The summed E-state index contributed by atoms with van der Waals surface area (Å²) in [5.74, 6) is 0.811. The van der Waals surface area contributed by atoms with Crippen LogP contribution >= 0.6 is 40.7 Å². The molecule has 5 nitrogen and oxygen atoms in total. The molecule has 0 saturated carbocycles. The SMILES string of the molecule is CCN1CCN(CC(O)COCCOc2ccccc2Br)CC1.Cl.Cl. The van der Waals surface area contributed by atoms with Crippen molar-refractivity contribution in [2.24, 2.45) is 0 Å². The summed E-state index contributed by atoms with van der Waals surface area (Å²) in [6.45, 7) is 9.51. The van der Waals surface area contributed by atoms with Crippen LogP contribution in [0.25, 0.3) is 0 Å². The molecule has 0 amide bonds. The molecule has 1 heterocycles. The molecule has 0 aromatic heterocycles. The van der Waals surface area contributed by atoms with Gasteiger partial charge in [0.1, 0.15) is 12.4 Å². The Morgan fingerprint density at radius 1 is 1.08 bits per heavy atom. The van der Waals surface area contributed by atoms with E-state index in [9.17, 15) is 5.11 Å². The minimum Gasteiger partial charge on any atom is -0.490 e. The molecule has 0 aliphatic carbocycles. The molecule has 1 atom stereocenters. The Hall–Kier alpha value is -0.0800. The van der Waals surface area contributed by atoms with E-state index in [1.807, 2.05) is 24.3 Å². The quantitative estimate of drug-likeness (QED) is 0.575. The van der Waals surface area contributed by atoms with Crippen molar-refractivity contribution < 1.29 is 14.6 Å². The van der Waals surface area contributed by atoms with E-state index in [1.54, 1.807) is 0 Å².